The molecule has 1 aliphatic rings. The van der Waals surface area contributed by atoms with Gasteiger partial charge < -0.3 is 5.32 Å². The Morgan fingerprint density at radius 1 is 1.39 bits per heavy atom. The van der Waals surface area contributed by atoms with Crippen LogP contribution < -0.4 is 5.32 Å². The van der Waals surface area contributed by atoms with E-state index in [1.54, 1.807) is 0 Å². The molecule has 2 rings (SSSR count). The third-order valence-corrected chi connectivity index (χ3v) is 4.09. The molecular formula is C15H20ClNO. The molecule has 18 heavy (non-hydrogen) atoms. The summed E-state index contributed by atoms with van der Waals surface area (Å²) in [6.07, 6.45) is 3.25. The standard InChI is InChI=1S/C15H20ClNO/c1-15(2)9-8-12(10-15)17-14(18)13(16)11-6-4-3-5-7-11/h3-7,12-13H,8-10H2,1-2H3,(H,17,18). The van der Waals surface area contributed by atoms with Gasteiger partial charge >= 0.3 is 0 Å². The molecule has 1 fully saturated rings. The lowest BCUT2D eigenvalue weighted by Crippen LogP contribution is -2.35. The third kappa shape index (κ3) is 3.26. The Labute approximate surface area is 114 Å². The summed E-state index contributed by atoms with van der Waals surface area (Å²) in [5.41, 5.74) is 1.20. The molecule has 0 radical (unpaired) electrons. The number of carbonyl (C=O) groups is 1. The number of halogens is 1. The zero-order chi connectivity index (χ0) is 13.2. The maximum absolute atomic E-state index is 12.1. The summed E-state index contributed by atoms with van der Waals surface area (Å²) in [7, 11) is 0. The van der Waals surface area contributed by atoms with Crippen molar-refractivity contribution < 1.29 is 4.79 Å². The normalized spacial score (nSPS) is 23.6. The van der Waals surface area contributed by atoms with E-state index in [9.17, 15) is 4.79 Å². The van der Waals surface area contributed by atoms with E-state index in [0.29, 0.717) is 5.41 Å². The van der Waals surface area contributed by atoms with Crippen LogP contribution in [0.25, 0.3) is 0 Å². The van der Waals surface area contributed by atoms with Crippen molar-refractivity contribution in [3.8, 4) is 0 Å². The van der Waals surface area contributed by atoms with E-state index in [2.05, 4.69) is 19.2 Å². The molecule has 98 valence electrons. The van der Waals surface area contributed by atoms with Crippen LogP contribution in [-0.4, -0.2) is 11.9 Å². The molecule has 1 aliphatic carbocycles. The molecule has 2 nitrogen and oxygen atoms in total. The lowest BCUT2D eigenvalue weighted by Gasteiger charge is -2.19. The van der Waals surface area contributed by atoms with Crippen molar-refractivity contribution in [3.63, 3.8) is 0 Å². The number of amides is 1. The lowest BCUT2D eigenvalue weighted by atomic mass is 9.92. The van der Waals surface area contributed by atoms with Gasteiger partial charge in [0.05, 0.1) is 0 Å². The van der Waals surface area contributed by atoms with Gasteiger partial charge in [0.25, 0.3) is 0 Å². The van der Waals surface area contributed by atoms with Crippen LogP contribution >= 0.6 is 11.6 Å². The minimum atomic E-state index is -0.588. The van der Waals surface area contributed by atoms with E-state index in [-0.39, 0.29) is 11.9 Å². The fourth-order valence-corrected chi connectivity index (χ4v) is 2.82. The van der Waals surface area contributed by atoms with Gasteiger partial charge in [0.1, 0.15) is 5.38 Å². The summed E-state index contributed by atoms with van der Waals surface area (Å²) >= 11 is 6.19. The number of hydrogen-bond acceptors (Lipinski definition) is 1. The van der Waals surface area contributed by atoms with E-state index >= 15 is 0 Å². The predicted octanol–water partition coefficient (Wildman–Crippen LogP) is 3.66. The van der Waals surface area contributed by atoms with Gasteiger partial charge in [-0.25, -0.2) is 0 Å². The van der Waals surface area contributed by atoms with Gasteiger partial charge in [-0.15, -0.1) is 11.6 Å². The van der Waals surface area contributed by atoms with Crippen LogP contribution in [0.1, 0.15) is 44.1 Å². The van der Waals surface area contributed by atoms with Crippen molar-refractivity contribution >= 4 is 17.5 Å². The fraction of sp³-hybridized carbons (Fsp3) is 0.533. The highest BCUT2D eigenvalue weighted by Crippen LogP contribution is 2.37. The summed E-state index contributed by atoms with van der Waals surface area (Å²) in [5, 5.41) is 2.47. The first-order valence-electron chi connectivity index (χ1n) is 6.47. The van der Waals surface area contributed by atoms with Crippen LogP contribution in [0.15, 0.2) is 30.3 Å². The maximum Gasteiger partial charge on any atom is 0.242 e. The minimum absolute atomic E-state index is 0.0782. The number of rotatable bonds is 3. The summed E-state index contributed by atoms with van der Waals surface area (Å²) in [4.78, 5) is 12.1. The second-order valence-corrected chi connectivity index (χ2v) is 6.32. The Kier molecular flexibility index (Phi) is 3.96. The third-order valence-electron chi connectivity index (χ3n) is 3.64. The molecule has 1 aromatic rings. The minimum Gasteiger partial charge on any atom is -0.352 e. The fourth-order valence-electron chi connectivity index (χ4n) is 2.61. The Balaban J connectivity index is 1.93. The van der Waals surface area contributed by atoms with Crippen molar-refractivity contribution in [2.24, 2.45) is 5.41 Å². The van der Waals surface area contributed by atoms with Gasteiger partial charge in [0, 0.05) is 6.04 Å². The smallest absolute Gasteiger partial charge is 0.242 e. The Bertz CT molecular complexity index is 416. The first kappa shape index (κ1) is 13.4. The number of carbonyl (C=O) groups excluding carboxylic acids is 1. The molecule has 1 N–H and O–H groups in total. The predicted molar refractivity (Wildman–Crippen MR) is 74.6 cm³/mol. The average Bonchev–Trinajstić information content (AvgIpc) is 2.68. The molecule has 0 aliphatic heterocycles. The van der Waals surface area contributed by atoms with Gasteiger partial charge in [0.15, 0.2) is 0 Å². The molecule has 1 saturated carbocycles. The van der Waals surface area contributed by atoms with Crippen molar-refractivity contribution in [3.05, 3.63) is 35.9 Å². The van der Waals surface area contributed by atoms with Crippen molar-refractivity contribution in [2.45, 2.75) is 44.5 Å². The first-order valence-corrected chi connectivity index (χ1v) is 6.91. The highest BCUT2D eigenvalue weighted by molar-refractivity contribution is 6.30. The zero-order valence-electron chi connectivity index (χ0n) is 10.9. The number of hydrogen-bond donors (Lipinski definition) is 1. The molecule has 0 saturated heterocycles. The molecule has 3 heteroatoms. The first-order chi connectivity index (χ1) is 8.48. The van der Waals surface area contributed by atoms with Gasteiger partial charge in [0.2, 0.25) is 5.91 Å². The second-order valence-electron chi connectivity index (χ2n) is 5.89. The SMILES string of the molecule is CC1(C)CCC(NC(=O)C(Cl)c2ccccc2)C1. The average molecular weight is 266 g/mol. The van der Waals surface area contributed by atoms with Crippen LogP contribution in [0.4, 0.5) is 0 Å². The van der Waals surface area contributed by atoms with Crippen molar-refractivity contribution in [2.75, 3.05) is 0 Å². The molecule has 1 aromatic carbocycles. The monoisotopic (exact) mass is 265 g/mol. The quantitative estimate of drug-likeness (QED) is 0.831. The number of alkyl halides is 1. The van der Waals surface area contributed by atoms with E-state index in [1.165, 1.54) is 0 Å². The lowest BCUT2D eigenvalue weighted by molar-refractivity contribution is -0.121. The van der Waals surface area contributed by atoms with E-state index in [4.69, 9.17) is 11.6 Å². The van der Waals surface area contributed by atoms with Gasteiger partial charge in [-0.05, 0) is 30.2 Å². The molecular weight excluding hydrogens is 246 g/mol. The van der Waals surface area contributed by atoms with Crippen LogP contribution in [0.3, 0.4) is 0 Å². The van der Waals surface area contributed by atoms with Crippen LogP contribution in [0, 0.1) is 5.41 Å². The molecule has 0 spiro atoms. The largest absolute Gasteiger partial charge is 0.352 e. The summed E-state index contributed by atoms with van der Waals surface area (Å²) in [6, 6.07) is 9.77. The van der Waals surface area contributed by atoms with Crippen LogP contribution in [0.5, 0.6) is 0 Å². The number of nitrogens with one attached hydrogen (secondary N) is 1. The molecule has 0 heterocycles. The summed E-state index contributed by atoms with van der Waals surface area (Å²) < 4.78 is 0. The van der Waals surface area contributed by atoms with E-state index in [1.807, 2.05) is 30.3 Å². The molecule has 0 aromatic heterocycles. The van der Waals surface area contributed by atoms with Crippen molar-refractivity contribution in [1.29, 1.82) is 0 Å². The van der Waals surface area contributed by atoms with E-state index in [0.717, 1.165) is 24.8 Å². The van der Waals surface area contributed by atoms with Crippen LogP contribution in [0.2, 0.25) is 0 Å². The van der Waals surface area contributed by atoms with Crippen molar-refractivity contribution in [1.82, 2.24) is 5.32 Å². The summed E-state index contributed by atoms with van der Waals surface area (Å²) in [5.74, 6) is -0.0782. The zero-order valence-corrected chi connectivity index (χ0v) is 11.7. The Hall–Kier alpha value is -1.02. The Morgan fingerprint density at radius 3 is 2.61 bits per heavy atom. The van der Waals surface area contributed by atoms with Gasteiger partial charge in [-0.2, -0.15) is 0 Å². The second kappa shape index (κ2) is 5.31. The maximum atomic E-state index is 12.1. The van der Waals surface area contributed by atoms with Gasteiger partial charge in [-0.1, -0.05) is 44.2 Å². The molecule has 0 bridgehead atoms. The van der Waals surface area contributed by atoms with E-state index < -0.39 is 5.38 Å². The van der Waals surface area contributed by atoms with Gasteiger partial charge in [-0.3, -0.25) is 4.79 Å². The molecule has 1 amide bonds. The highest BCUT2D eigenvalue weighted by Gasteiger charge is 2.32. The topological polar surface area (TPSA) is 29.1 Å². The summed E-state index contributed by atoms with van der Waals surface area (Å²) in [6.45, 7) is 4.49. The number of benzene rings is 1. The van der Waals surface area contributed by atoms with Crippen LogP contribution in [-0.2, 0) is 4.79 Å². The molecule has 2 unspecified atom stereocenters. The Morgan fingerprint density at radius 2 is 2.06 bits per heavy atom. The highest BCUT2D eigenvalue weighted by atomic mass is 35.5. The molecule has 2 atom stereocenters.